The van der Waals surface area contributed by atoms with E-state index < -0.39 is 42.3 Å². The number of rotatable bonds is 12. The van der Waals surface area contributed by atoms with E-state index in [4.69, 9.17) is 0 Å². The van der Waals surface area contributed by atoms with E-state index in [9.17, 15) is 31.1 Å². The van der Waals surface area contributed by atoms with Gasteiger partial charge in [-0.15, -0.1) is 0 Å². The molecule has 0 N–H and O–H groups in total. The summed E-state index contributed by atoms with van der Waals surface area (Å²) >= 11 is 0. The monoisotopic (exact) mass is 598 g/mol. The highest BCUT2D eigenvalue weighted by Crippen LogP contribution is 2.33. The van der Waals surface area contributed by atoms with E-state index in [1.54, 1.807) is 11.8 Å². The van der Waals surface area contributed by atoms with Crippen LogP contribution in [0.5, 0.6) is 11.5 Å². The van der Waals surface area contributed by atoms with Crippen LogP contribution in [0.1, 0.15) is 67.8 Å². The van der Waals surface area contributed by atoms with Gasteiger partial charge in [-0.2, -0.15) is 17.6 Å². The van der Waals surface area contributed by atoms with Crippen molar-refractivity contribution in [3.63, 3.8) is 0 Å². The first-order chi connectivity index (χ1) is 20.1. The van der Waals surface area contributed by atoms with E-state index in [-0.39, 0.29) is 23.7 Å². The summed E-state index contributed by atoms with van der Waals surface area (Å²) in [6, 6.07) is 6.46. The molecule has 1 aliphatic carbocycles. The fourth-order valence-corrected chi connectivity index (χ4v) is 5.95. The van der Waals surface area contributed by atoms with Crippen molar-refractivity contribution in [1.82, 2.24) is 9.80 Å². The summed E-state index contributed by atoms with van der Waals surface area (Å²) in [6.07, 6.45) is 9.40. The van der Waals surface area contributed by atoms with Crippen molar-refractivity contribution < 1.29 is 40.6 Å². The standard InChI is InChI=1S/C31H36F6N2O3/c1-20(14-22-9-11-24(32)16-26(22)33)17-39(19-25-8-5-13-38(25)18-21-6-3-2-4-7-21)29(40)23-10-12-27(41-30(34)35)28(15-23)42-31(36)37/h9-12,14-16,21,25,30-31H,2-8,13,17-19H2,1H3/t25-/m0/s1. The maximum Gasteiger partial charge on any atom is 0.387 e. The minimum atomic E-state index is -3.32. The first-order valence-electron chi connectivity index (χ1n) is 14.3. The lowest BCUT2D eigenvalue weighted by Crippen LogP contribution is -2.45. The van der Waals surface area contributed by atoms with E-state index in [2.05, 4.69) is 14.4 Å². The van der Waals surface area contributed by atoms with Crippen molar-refractivity contribution in [2.75, 3.05) is 26.2 Å². The van der Waals surface area contributed by atoms with Crippen LogP contribution in [0, 0.1) is 17.6 Å². The zero-order valence-electron chi connectivity index (χ0n) is 23.5. The van der Waals surface area contributed by atoms with Crippen molar-refractivity contribution in [2.45, 2.75) is 71.1 Å². The molecule has 0 radical (unpaired) electrons. The number of likely N-dealkylation sites (tertiary alicyclic amines) is 1. The molecule has 0 unspecified atom stereocenters. The number of halogens is 6. The molecule has 2 aromatic carbocycles. The molecule has 2 aromatic rings. The van der Waals surface area contributed by atoms with Gasteiger partial charge in [-0.3, -0.25) is 9.69 Å². The van der Waals surface area contributed by atoms with Gasteiger partial charge >= 0.3 is 13.2 Å². The summed E-state index contributed by atoms with van der Waals surface area (Å²) in [5, 5.41) is 0. The highest BCUT2D eigenvalue weighted by molar-refractivity contribution is 5.95. The Hall–Kier alpha value is -3.21. The van der Waals surface area contributed by atoms with Crippen molar-refractivity contribution in [1.29, 1.82) is 0 Å². The fraction of sp³-hybridized carbons (Fsp3) is 0.516. The summed E-state index contributed by atoms with van der Waals surface area (Å²) < 4.78 is 88.2. The number of benzene rings is 2. The molecule has 1 aliphatic heterocycles. The SMILES string of the molecule is CC(=Cc1ccc(F)cc1F)CN(C[C@@H]1CCCN1CC1CCCCC1)C(=O)c1ccc(OC(F)F)c(OC(F)F)c1. The fourth-order valence-electron chi connectivity index (χ4n) is 5.95. The second kappa shape index (κ2) is 14.8. The Morgan fingerprint density at radius 3 is 2.36 bits per heavy atom. The van der Waals surface area contributed by atoms with Gasteiger partial charge in [0.15, 0.2) is 11.5 Å². The first kappa shape index (κ1) is 31.7. The number of hydrogen-bond acceptors (Lipinski definition) is 4. The lowest BCUT2D eigenvalue weighted by Gasteiger charge is -2.34. The van der Waals surface area contributed by atoms with E-state index in [1.807, 2.05) is 0 Å². The lowest BCUT2D eigenvalue weighted by molar-refractivity contribution is -0.0692. The van der Waals surface area contributed by atoms with Crippen LogP contribution >= 0.6 is 0 Å². The van der Waals surface area contributed by atoms with Crippen LogP contribution in [0.15, 0.2) is 42.0 Å². The zero-order chi connectivity index (χ0) is 30.2. The molecule has 0 aromatic heterocycles. The third kappa shape index (κ3) is 8.89. The number of carbonyl (C=O) groups excluding carboxylic acids is 1. The predicted molar refractivity (Wildman–Crippen MR) is 147 cm³/mol. The smallest absolute Gasteiger partial charge is 0.387 e. The Morgan fingerprint density at radius 2 is 1.67 bits per heavy atom. The highest BCUT2D eigenvalue weighted by atomic mass is 19.3. The normalized spacial score (nSPS) is 18.6. The Morgan fingerprint density at radius 1 is 0.952 bits per heavy atom. The maximum atomic E-state index is 14.3. The third-order valence-electron chi connectivity index (χ3n) is 7.86. The highest BCUT2D eigenvalue weighted by Gasteiger charge is 2.31. The van der Waals surface area contributed by atoms with Crippen molar-refractivity contribution in [3.8, 4) is 11.5 Å². The number of amides is 1. The minimum absolute atomic E-state index is 0.0511. The molecule has 1 heterocycles. The van der Waals surface area contributed by atoms with Crippen molar-refractivity contribution in [3.05, 3.63) is 64.7 Å². The van der Waals surface area contributed by atoms with Gasteiger partial charge in [-0.1, -0.05) is 30.9 Å². The molecule has 1 amide bonds. The number of nitrogens with zero attached hydrogens (tertiary/aromatic N) is 2. The van der Waals surface area contributed by atoms with Gasteiger partial charge in [-0.05, 0) is 75.4 Å². The van der Waals surface area contributed by atoms with Crippen molar-refractivity contribution in [2.24, 2.45) is 5.92 Å². The van der Waals surface area contributed by atoms with E-state index in [1.165, 1.54) is 50.3 Å². The number of ether oxygens (including phenoxy) is 2. The molecule has 5 nitrogen and oxygen atoms in total. The number of carbonyl (C=O) groups is 1. The van der Waals surface area contributed by atoms with E-state index >= 15 is 0 Å². The zero-order valence-corrected chi connectivity index (χ0v) is 23.5. The average Bonchev–Trinajstić information content (AvgIpc) is 3.36. The molecule has 2 aliphatic rings. The molecular weight excluding hydrogens is 562 g/mol. The van der Waals surface area contributed by atoms with Gasteiger partial charge in [0.2, 0.25) is 0 Å². The Kier molecular flexibility index (Phi) is 11.2. The van der Waals surface area contributed by atoms with Gasteiger partial charge in [-0.25, -0.2) is 8.78 Å². The van der Waals surface area contributed by atoms with Crippen LogP contribution in [0.25, 0.3) is 6.08 Å². The summed E-state index contributed by atoms with van der Waals surface area (Å²) in [4.78, 5) is 17.8. The second-order valence-electron chi connectivity index (χ2n) is 11.1. The third-order valence-corrected chi connectivity index (χ3v) is 7.86. The first-order valence-corrected chi connectivity index (χ1v) is 14.3. The van der Waals surface area contributed by atoms with E-state index in [0.717, 1.165) is 50.2 Å². The molecular formula is C31H36F6N2O3. The molecule has 230 valence electrons. The number of alkyl halides is 4. The van der Waals surface area contributed by atoms with E-state index in [0.29, 0.717) is 18.0 Å². The second-order valence-corrected chi connectivity index (χ2v) is 11.1. The quantitative estimate of drug-likeness (QED) is 0.234. The number of hydrogen-bond donors (Lipinski definition) is 0. The molecule has 42 heavy (non-hydrogen) atoms. The van der Waals surface area contributed by atoms with Crippen LogP contribution in [-0.4, -0.2) is 61.2 Å². The molecule has 1 saturated carbocycles. The van der Waals surface area contributed by atoms with Crippen LogP contribution in [0.2, 0.25) is 0 Å². The van der Waals surface area contributed by atoms with Gasteiger partial charge in [0.1, 0.15) is 11.6 Å². The summed E-state index contributed by atoms with van der Waals surface area (Å²) in [5.41, 5.74) is 0.708. The van der Waals surface area contributed by atoms with Gasteiger partial charge in [0.05, 0.1) is 0 Å². The molecule has 11 heteroatoms. The molecule has 1 saturated heterocycles. The molecule has 0 bridgehead atoms. The molecule has 0 spiro atoms. The maximum absolute atomic E-state index is 14.3. The Bertz CT molecular complexity index is 1240. The summed E-state index contributed by atoms with van der Waals surface area (Å²) in [7, 11) is 0. The Labute approximate surface area is 242 Å². The topological polar surface area (TPSA) is 42.0 Å². The van der Waals surface area contributed by atoms with Gasteiger partial charge in [0.25, 0.3) is 5.91 Å². The molecule has 1 atom stereocenters. The molecule has 4 rings (SSSR count). The predicted octanol–water partition coefficient (Wildman–Crippen LogP) is 7.76. The average molecular weight is 599 g/mol. The van der Waals surface area contributed by atoms with Crippen LogP contribution < -0.4 is 9.47 Å². The van der Waals surface area contributed by atoms with Gasteiger partial charge < -0.3 is 14.4 Å². The summed E-state index contributed by atoms with van der Waals surface area (Å²) in [5.74, 6) is -2.69. The van der Waals surface area contributed by atoms with Crippen LogP contribution in [0.4, 0.5) is 26.3 Å². The van der Waals surface area contributed by atoms with Crippen molar-refractivity contribution >= 4 is 12.0 Å². The van der Waals surface area contributed by atoms with Crippen LogP contribution in [-0.2, 0) is 0 Å². The lowest BCUT2D eigenvalue weighted by atomic mass is 9.89. The largest absolute Gasteiger partial charge is 0.431 e. The summed E-state index contributed by atoms with van der Waals surface area (Å²) in [6.45, 7) is -2.65. The Balaban J connectivity index is 1.60. The van der Waals surface area contributed by atoms with Crippen LogP contribution in [0.3, 0.4) is 0 Å². The molecule has 2 fully saturated rings. The van der Waals surface area contributed by atoms with Gasteiger partial charge in [0, 0.05) is 42.9 Å². The minimum Gasteiger partial charge on any atom is -0.431 e.